The molecule has 40 heavy (non-hydrogen) atoms. The van der Waals surface area contributed by atoms with Crippen LogP contribution in [0.2, 0.25) is 10.0 Å². The lowest BCUT2D eigenvalue weighted by Crippen LogP contribution is -2.48. The molecule has 0 bridgehead atoms. The van der Waals surface area contributed by atoms with Gasteiger partial charge in [-0.3, -0.25) is 18.6 Å². The van der Waals surface area contributed by atoms with E-state index in [0.717, 1.165) is 10.7 Å². The van der Waals surface area contributed by atoms with Crippen molar-refractivity contribution in [2.45, 2.75) is 32.5 Å². The molecule has 0 aliphatic heterocycles. The summed E-state index contributed by atoms with van der Waals surface area (Å²) in [6.07, 6.45) is -2.06. The van der Waals surface area contributed by atoms with Crippen molar-refractivity contribution in [2.24, 2.45) is 0 Å². The van der Waals surface area contributed by atoms with Crippen LogP contribution >= 0.6 is 23.2 Å². The maximum atomic E-state index is 13.5. The van der Waals surface area contributed by atoms with Crippen LogP contribution in [0.4, 0.5) is 18.9 Å². The van der Waals surface area contributed by atoms with E-state index < -0.39 is 45.7 Å². The number of rotatable bonds is 9. The summed E-state index contributed by atoms with van der Waals surface area (Å²) in [5, 5.41) is 9.45. The lowest BCUT2D eigenvalue weighted by Gasteiger charge is -2.27. The summed E-state index contributed by atoms with van der Waals surface area (Å²) in [5.74, 6) is -2.27. The molecular formula is C24H25Cl2F3N6O4S. The summed E-state index contributed by atoms with van der Waals surface area (Å²) in [6, 6.07) is 6.74. The van der Waals surface area contributed by atoms with Gasteiger partial charge in [0.25, 0.3) is 11.8 Å². The molecule has 1 atom stereocenters. The Morgan fingerprint density at radius 1 is 1.18 bits per heavy atom. The van der Waals surface area contributed by atoms with Gasteiger partial charge in [-0.1, -0.05) is 23.2 Å². The molecule has 2 aromatic heterocycles. The third-order valence-corrected chi connectivity index (χ3v) is 6.90. The molecule has 10 nitrogen and oxygen atoms in total. The number of ether oxygens (including phenoxy) is 1. The topological polar surface area (TPSA) is 139 Å². The molecule has 216 valence electrons. The molecule has 0 fully saturated rings. The molecule has 1 unspecified atom stereocenters. The van der Waals surface area contributed by atoms with Crippen molar-refractivity contribution in [3.63, 3.8) is 0 Å². The molecule has 1 aromatic carbocycles. The van der Waals surface area contributed by atoms with Gasteiger partial charge in [-0.25, -0.2) is 9.67 Å². The molecule has 3 rings (SSSR count). The minimum atomic E-state index is -4.66. The Morgan fingerprint density at radius 3 is 2.45 bits per heavy atom. The Hall–Kier alpha value is -3.36. The van der Waals surface area contributed by atoms with E-state index in [0.29, 0.717) is 5.56 Å². The first kappa shape index (κ1) is 31.2. The van der Waals surface area contributed by atoms with Crippen LogP contribution in [0.3, 0.4) is 0 Å². The molecule has 3 N–H and O–H groups in total. The number of hydrogen-bond donors (Lipinski definition) is 3. The molecule has 0 saturated carbocycles. The lowest BCUT2D eigenvalue weighted by atomic mass is 10.0. The molecule has 0 aliphatic carbocycles. The average Bonchev–Trinajstić information content (AvgIpc) is 3.21. The maximum Gasteiger partial charge on any atom is 0.422 e. The second kappa shape index (κ2) is 11.6. The molecule has 0 aliphatic rings. The Morgan fingerprint density at radius 2 is 1.85 bits per heavy atom. The molecule has 2 heterocycles. The van der Waals surface area contributed by atoms with E-state index in [1.807, 2.05) is 0 Å². The van der Waals surface area contributed by atoms with Gasteiger partial charge in [0.2, 0.25) is 5.88 Å². The highest BCUT2D eigenvalue weighted by Crippen LogP contribution is 2.29. The van der Waals surface area contributed by atoms with Gasteiger partial charge in [-0.05, 0) is 50.6 Å². The van der Waals surface area contributed by atoms with Gasteiger partial charge < -0.3 is 15.4 Å². The normalized spacial score (nSPS) is 13.4. The molecule has 0 spiro atoms. The largest absolute Gasteiger partial charge is 0.467 e. The number of aryl methyl sites for hydroxylation is 1. The van der Waals surface area contributed by atoms with Crippen LogP contribution < -0.4 is 15.4 Å². The number of alkyl halides is 3. The zero-order valence-corrected chi connectivity index (χ0v) is 24.0. The Kier molecular flexibility index (Phi) is 9.06. The van der Waals surface area contributed by atoms with Crippen molar-refractivity contribution in [3.8, 4) is 11.7 Å². The molecule has 16 heteroatoms. The summed E-state index contributed by atoms with van der Waals surface area (Å²) in [6.45, 7) is 3.11. The zero-order chi connectivity index (χ0) is 30.0. The van der Waals surface area contributed by atoms with Gasteiger partial charge in [-0.15, -0.1) is 5.10 Å². The van der Waals surface area contributed by atoms with Crippen LogP contribution in [0.5, 0.6) is 5.88 Å². The number of halogens is 5. The Labute approximate surface area is 238 Å². The van der Waals surface area contributed by atoms with E-state index in [2.05, 4.69) is 20.7 Å². The Balaban J connectivity index is 2.02. The van der Waals surface area contributed by atoms with E-state index in [9.17, 15) is 27.0 Å². The summed E-state index contributed by atoms with van der Waals surface area (Å²) >= 11 is 12.4. The predicted octanol–water partition coefficient (Wildman–Crippen LogP) is 5.26. The predicted molar refractivity (Wildman–Crippen MR) is 145 cm³/mol. The number of anilines is 1. The zero-order valence-electron chi connectivity index (χ0n) is 21.7. The van der Waals surface area contributed by atoms with Gasteiger partial charge >= 0.3 is 6.18 Å². The number of nitrogens with one attached hydrogen (secondary N) is 3. The van der Waals surface area contributed by atoms with E-state index in [1.165, 1.54) is 36.7 Å². The molecule has 3 aromatic rings. The molecule has 0 radical (unpaired) electrons. The van der Waals surface area contributed by atoms with Gasteiger partial charge in [0.1, 0.15) is 5.69 Å². The maximum absolute atomic E-state index is 13.5. The van der Waals surface area contributed by atoms with Gasteiger partial charge in [0, 0.05) is 38.8 Å². The summed E-state index contributed by atoms with van der Waals surface area (Å²) < 4.78 is 63.6. The molecule has 2 amide bonds. The number of carbonyl (C=O) groups excluding carboxylic acids is 2. The fourth-order valence-electron chi connectivity index (χ4n) is 3.81. The SMILES string of the molecule is Cc1cc(Cl)cc(C(=O)NC(C)(C)CS(C)(=N)=O)c1NC(=O)c1cc(OCC(F)(F)F)nn1-c1ncccc1Cl. The summed E-state index contributed by atoms with van der Waals surface area (Å²) in [5.41, 5.74) is -0.961. The average molecular weight is 621 g/mol. The quantitative estimate of drug-likeness (QED) is 0.298. The van der Waals surface area contributed by atoms with E-state index in [4.69, 9.17) is 32.7 Å². The van der Waals surface area contributed by atoms with Gasteiger partial charge in [0.15, 0.2) is 12.4 Å². The van der Waals surface area contributed by atoms with E-state index >= 15 is 0 Å². The van der Waals surface area contributed by atoms with Gasteiger partial charge in [0.05, 0.1) is 22.0 Å². The molecule has 0 saturated heterocycles. The minimum absolute atomic E-state index is 0.0448. The number of aromatic nitrogens is 3. The fraction of sp³-hybridized carbons (Fsp3) is 0.333. The highest BCUT2D eigenvalue weighted by Gasteiger charge is 2.31. The van der Waals surface area contributed by atoms with E-state index in [1.54, 1.807) is 20.8 Å². The number of amides is 2. The van der Waals surface area contributed by atoms with Crippen molar-refractivity contribution < 1.29 is 31.7 Å². The highest BCUT2D eigenvalue weighted by atomic mass is 35.5. The van der Waals surface area contributed by atoms with Crippen LogP contribution in [-0.2, 0) is 9.73 Å². The first-order valence-corrected chi connectivity index (χ1v) is 14.3. The fourth-order valence-corrected chi connectivity index (χ4v) is 5.73. The van der Waals surface area contributed by atoms with Gasteiger partial charge in [-0.2, -0.15) is 13.2 Å². The smallest absolute Gasteiger partial charge is 0.422 e. The van der Waals surface area contributed by atoms with Crippen LogP contribution in [0.25, 0.3) is 5.82 Å². The second-order valence-corrected chi connectivity index (χ2v) is 12.7. The number of nitrogens with zero attached hydrogens (tertiary/aromatic N) is 3. The second-order valence-electron chi connectivity index (χ2n) is 9.58. The van der Waals surface area contributed by atoms with Crippen molar-refractivity contribution in [3.05, 3.63) is 63.4 Å². The first-order chi connectivity index (χ1) is 18.3. The van der Waals surface area contributed by atoms with Crippen LogP contribution in [-0.4, -0.2) is 61.1 Å². The van der Waals surface area contributed by atoms with Crippen LogP contribution in [0.15, 0.2) is 36.5 Å². The van der Waals surface area contributed by atoms with Crippen molar-refractivity contribution in [2.75, 3.05) is 23.9 Å². The third-order valence-electron chi connectivity index (χ3n) is 5.11. The van der Waals surface area contributed by atoms with Crippen molar-refractivity contribution >= 4 is 50.4 Å². The monoisotopic (exact) mass is 620 g/mol. The summed E-state index contributed by atoms with van der Waals surface area (Å²) in [7, 11) is -2.96. The third kappa shape index (κ3) is 8.32. The van der Waals surface area contributed by atoms with E-state index in [-0.39, 0.29) is 38.6 Å². The number of carbonyl (C=O) groups is 2. The lowest BCUT2D eigenvalue weighted by molar-refractivity contribution is -0.154. The number of pyridine rings is 1. The molecular weight excluding hydrogens is 596 g/mol. The van der Waals surface area contributed by atoms with Crippen LogP contribution in [0, 0.1) is 11.7 Å². The highest BCUT2D eigenvalue weighted by molar-refractivity contribution is 7.91. The summed E-state index contributed by atoms with van der Waals surface area (Å²) in [4.78, 5) is 30.8. The first-order valence-electron chi connectivity index (χ1n) is 11.4. The van der Waals surface area contributed by atoms with Crippen LogP contribution in [0.1, 0.15) is 40.3 Å². The number of hydrogen-bond acceptors (Lipinski definition) is 7. The minimum Gasteiger partial charge on any atom is -0.467 e. The Bertz CT molecular complexity index is 1560. The van der Waals surface area contributed by atoms with Crippen molar-refractivity contribution in [1.82, 2.24) is 20.1 Å². The standard InChI is InChI=1S/C24H25Cl2F3N6O4S/c1-13-8-14(25)9-15(21(36)33-23(2,3)12-40(4,30)38)19(13)32-22(37)17-10-18(39-11-24(27,28)29)34-35(17)20-16(26)6-5-7-31-20/h5-10,30H,11-12H2,1-4H3,(H,32,37)(H,33,36). The number of benzene rings is 1. The van der Waals surface area contributed by atoms with Crippen molar-refractivity contribution in [1.29, 1.82) is 4.78 Å².